The minimum absolute atomic E-state index is 0.606. The van der Waals surface area contributed by atoms with E-state index in [9.17, 15) is 0 Å². The molecule has 0 amide bonds. The van der Waals surface area contributed by atoms with Crippen LogP contribution < -0.4 is 5.43 Å². The minimum atomic E-state index is 0.606. The number of nitrogens with one attached hydrogen (secondary N) is 1. The first-order chi connectivity index (χ1) is 4.09. The predicted octanol–water partition coefficient (Wildman–Crippen LogP) is 1.10. The molecule has 0 aliphatic carbocycles. The Morgan fingerprint density at radius 3 is 1.78 bits per heavy atom. The summed E-state index contributed by atoms with van der Waals surface area (Å²) in [5.41, 5.74) is 3.08. The molecular formula is C7H18N2. The Hall–Kier alpha value is -0.0800. The highest BCUT2D eigenvalue weighted by atomic mass is 15.5. The van der Waals surface area contributed by atoms with Gasteiger partial charge in [0.2, 0.25) is 0 Å². The topological polar surface area (TPSA) is 15.3 Å². The fourth-order valence-electron chi connectivity index (χ4n) is 0.651. The zero-order valence-corrected chi connectivity index (χ0v) is 7.10. The third kappa shape index (κ3) is 2.82. The van der Waals surface area contributed by atoms with Gasteiger partial charge in [-0.3, -0.25) is 5.43 Å². The molecule has 0 aliphatic heterocycles. The lowest BCUT2D eigenvalue weighted by molar-refractivity contribution is 0.155. The number of hydrogen-bond acceptors (Lipinski definition) is 2. The minimum Gasteiger partial charge on any atom is -0.258 e. The number of hydrazine groups is 1. The van der Waals surface area contributed by atoms with Gasteiger partial charge in [0.05, 0.1) is 0 Å². The molecule has 0 radical (unpaired) electrons. The van der Waals surface area contributed by atoms with Gasteiger partial charge in [-0.1, -0.05) is 13.8 Å². The van der Waals surface area contributed by atoms with Gasteiger partial charge in [0.15, 0.2) is 0 Å². The predicted molar refractivity (Wildman–Crippen MR) is 41.1 cm³/mol. The lowest BCUT2D eigenvalue weighted by Crippen LogP contribution is -2.41. The Labute approximate surface area is 58.2 Å². The van der Waals surface area contributed by atoms with Gasteiger partial charge >= 0.3 is 0 Å². The summed E-state index contributed by atoms with van der Waals surface area (Å²) in [5.74, 6) is 0.711. The quantitative estimate of drug-likeness (QED) is 0.575. The molecule has 2 heteroatoms. The molecule has 0 saturated carbocycles. The molecule has 0 aliphatic rings. The van der Waals surface area contributed by atoms with Crippen molar-refractivity contribution in [3.63, 3.8) is 0 Å². The molecule has 0 fully saturated rings. The molecule has 0 saturated heterocycles. The molecule has 2 nitrogen and oxygen atoms in total. The maximum Gasteiger partial charge on any atom is 0.0235 e. The van der Waals surface area contributed by atoms with E-state index in [4.69, 9.17) is 0 Å². The van der Waals surface area contributed by atoms with Crippen LogP contribution in [0.5, 0.6) is 0 Å². The highest BCUT2D eigenvalue weighted by molar-refractivity contribution is 4.61. The highest BCUT2D eigenvalue weighted by Crippen LogP contribution is 2.04. The summed E-state index contributed by atoms with van der Waals surface area (Å²) < 4.78 is 0. The smallest absolute Gasteiger partial charge is 0.0235 e. The lowest BCUT2D eigenvalue weighted by Gasteiger charge is -2.26. The van der Waals surface area contributed by atoms with E-state index in [1.54, 1.807) is 0 Å². The molecule has 1 atom stereocenters. The third-order valence-corrected chi connectivity index (χ3v) is 1.93. The van der Waals surface area contributed by atoms with E-state index < -0.39 is 0 Å². The second kappa shape index (κ2) is 3.85. The molecule has 9 heavy (non-hydrogen) atoms. The molecule has 0 aromatic heterocycles. The molecule has 0 aromatic carbocycles. The number of hydrogen-bond donors (Lipinski definition) is 1. The van der Waals surface area contributed by atoms with Crippen LogP contribution in [-0.4, -0.2) is 25.1 Å². The average molecular weight is 130 g/mol. The van der Waals surface area contributed by atoms with Gasteiger partial charge in [-0.15, -0.1) is 0 Å². The van der Waals surface area contributed by atoms with Gasteiger partial charge in [-0.2, -0.15) is 0 Å². The van der Waals surface area contributed by atoms with Crippen molar-refractivity contribution < 1.29 is 0 Å². The van der Waals surface area contributed by atoms with Crippen LogP contribution in [0.1, 0.15) is 20.8 Å². The summed E-state index contributed by atoms with van der Waals surface area (Å²) in [6.07, 6.45) is 0. The van der Waals surface area contributed by atoms with Crippen LogP contribution in [0.15, 0.2) is 0 Å². The van der Waals surface area contributed by atoms with E-state index in [-0.39, 0.29) is 0 Å². The van der Waals surface area contributed by atoms with E-state index in [1.165, 1.54) is 0 Å². The second-order valence-electron chi connectivity index (χ2n) is 2.82. The van der Waals surface area contributed by atoms with Gasteiger partial charge in [0.1, 0.15) is 0 Å². The van der Waals surface area contributed by atoms with Crippen molar-refractivity contribution in [3.8, 4) is 0 Å². The Balaban J connectivity index is 3.58. The third-order valence-electron chi connectivity index (χ3n) is 1.93. The van der Waals surface area contributed by atoms with Crippen LogP contribution in [0.3, 0.4) is 0 Å². The van der Waals surface area contributed by atoms with Crippen molar-refractivity contribution in [2.75, 3.05) is 14.1 Å². The lowest BCUT2D eigenvalue weighted by atomic mass is 10.1. The molecule has 0 aromatic rings. The van der Waals surface area contributed by atoms with Gasteiger partial charge in [-0.25, -0.2) is 5.01 Å². The fourth-order valence-corrected chi connectivity index (χ4v) is 0.651. The maximum atomic E-state index is 3.08. The van der Waals surface area contributed by atoms with Crippen molar-refractivity contribution in [2.45, 2.75) is 26.8 Å². The fraction of sp³-hybridized carbons (Fsp3) is 1.00. The summed E-state index contributed by atoms with van der Waals surface area (Å²) in [6, 6.07) is 0.606. The Bertz CT molecular complexity index is 71.3. The molecule has 0 heterocycles. The Morgan fingerprint density at radius 1 is 1.22 bits per heavy atom. The average Bonchev–Trinajstić information content (AvgIpc) is 1.84. The zero-order valence-electron chi connectivity index (χ0n) is 7.10. The summed E-state index contributed by atoms with van der Waals surface area (Å²) in [7, 11) is 4.00. The van der Waals surface area contributed by atoms with E-state index in [0.29, 0.717) is 12.0 Å². The Kier molecular flexibility index (Phi) is 3.82. The van der Waals surface area contributed by atoms with Crippen LogP contribution in [0, 0.1) is 5.92 Å². The van der Waals surface area contributed by atoms with Gasteiger partial charge in [0, 0.05) is 13.1 Å². The summed E-state index contributed by atoms with van der Waals surface area (Å²) in [4.78, 5) is 0. The molecule has 0 spiro atoms. The molecule has 56 valence electrons. The summed E-state index contributed by atoms with van der Waals surface area (Å²) in [6.45, 7) is 6.65. The molecule has 0 rings (SSSR count). The van der Waals surface area contributed by atoms with Gasteiger partial charge in [-0.05, 0) is 19.9 Å². The first-order valence-corrected chi connectivity index (χ1v) is 3.49. The van der Waals surface area contributed by atoms with Gasteiger partial charge in [0.25, 0.3) is 0 Å². The highest BCUT2D eigenvalue weighted by Gasteiger charge is 2.09. The zero-order chi connectivity index (χ0) is 7.44. The molecule has 1 unspecified atom stereocenters. The standard InChI is InChI=1S/C7H18N2/c1-6(2)7(3)9(5)8-4/h6-8H,1-5H3. The molecular weight excluding hydrogens is 112 g/mol. The first-order valence-electron chi connectivity index (χ1n) is 3.49. The van der Waals surface area contributed by atoms with E-state index in [2.05, 4.69) is 38.3 Å². The monoisotopic (exact) mass is 130 g/mol. The van der Waals surface area contributed by atoms with E-state index in [1.807, 2.05) is 7.05 Å². The van der Waals surface area contributed by atoms with Crippen molar-refractivity contribution in [1.82, 2.24) is 10.4 Å². The van der Waals surface area contributed by atoms with Crippen LogP contribution in [0.25, 0.3) is 0 Å². The van der Waals surface area contributed by atoms with Crippen LogP contribution in [0.4, 0.5) is 0 Å². The largest absolute Gasteiger partial charge is 0.258 e. The van der Waals surface area contributed by atoms with Gasteiger partial charge < -0.3 is 0 Å². The van der Waals surface area contributed by atoms with Crippen molar-refractivity contribution in [1.29, 1.82) is 0 Å². The van der Waals surface area contributed by atoms with Crippen LogP contribution in [-0.2, 0) is 0 Å². The summed E-state index contributed by atoms with van der Waals surface area (Å²) >= 11 is 0. The normalized spacial score (nSPS) is 15.0. The number of nitrogens with zero attached hydrogens (tertiary/aromatic N) is 1. The van der Waals surface area contributed by atoms with Crippen molar-refractivity contribution in [3.05, 3.63) is 0 Å². The first kappa shape index (κ1) is 8.92. The second-order valence-corrected chi connectivity index (χ2v) is 2.82. The molecule has 1 N–H and O–H groups in total. The van der Waals surface area contributed by atoms with E-state index >= 15 is 0 Å². The van der Waals surface area contributed by atoms with Crippen LogP contribution >= 0.6 is 0 Å². The van der Waals surface area contributed by atoms with Crippen molar-refractivity contribution in [2.24, 2.45) is 5.92 Å². The maximum absolute atomic E-state index is 3.08. The Morgan fingerprint density at radius 2 is 1.67 bits per heavy atom. The van der Waals surface area contributed by atoms with Crippen molar-refractivity contribution >= 4 is 0 Å². The van der Waals surface area contributed by atoms with Crippen LogP contribution in [0.2, 0.25) is 0 Å². The number of rotatable bonds is 3. The SMILES string of the molecule is CNN(C)C(C)C(C)C. The summed E-state index contributed by atoms with van der Waals surface area (Å²) in [5, 5.41) is 2.12. The molecule has 0 bridgehead atoms. The van der Waals surface area contributed by atoms with E-state index in [0.717, 1.165) is 0 Å².